The van der Waals surface area contributed by atoms with Crippen LogP contribution in [0.4, 0.5) is 4.39 Å². The first-order valence-corrected chi connectivity index (χ1v) is 8.32. The van der Waals surface area contributed by atoms with Crippen LogP contribution in [0.25, 0.3) is 0 Å². The van der Waals surface area contributed by atoms with Crippen molar-refractivity contribution in [3.05, 3.63) is 53.3 Å². The van der Waals surface area contributed by atoms with Gasteiger partial charge in [-0.15, -0.1) is 0 Å². The first-order chi connectivity index (χ1) is 12.5. The van der Waals surface area contributed by atoms with E-state index in [1.807, 2.05) is 19.1 Å². The van der Waals surface area contributed by atoms with E-state index in [2.05, 4.69) is 5.32 Å². The summed E-state index contributed by atoms with van der Waals surface area (Å²) < 4.78 is 28.9. The van der Waals surface area contributed by atoms with E-state index in [9.17, 15) is 9.18 Å². The van der Waals surface area contributed by atoms with Crippen molar-refractivity contribution in [1.82, 2.24) is 5.32 Å². The first kappa shape index (κ1) is 19.6. The summed E-state index contributed by atoms with van der Waals surface area (Å²) in [5.41, 5.74) is 1.76. The Morgan fingerprint density at radius 3 is 2.12 bits per heavy atom. The highest BCUT2D eigenvalue weighted by molar-refractivity contribution is 5.76. The minimum Gasteiger partial charge on any atom is -0.493 e. The molecular formula is C20H24FNO4. The Morgan fingerprint density at radius 1 is 1.04 bits per heavy atom. The number of carbonyl (C=O) groups is 1. The second kappa shape index (κ2) is 9.08. The second-order valence-electron chi connectivity index (χ2n) is 5.87. The third-order valence-corrected chi connectivity index (χ3v) is 4.12. The predicted octanol–water partition coefficient (Wildman–Crippen LogP) is 3.66. The van der Waals surface area contributed by atoms with Gasteiger partial charge in [0, 0.05) is 6.42 Å². The highest BCUT2D eigenvalue weighted by atomic mass is 19.1. The molecule has 6 heteroatoms. The van der Waals surface area contributed by atoms with Crippen LogP contribution in [0, 0.1) is 5.82 Å². The van der Waals surface area contributed by atoms with Crippen molar-refractivity contribution in [3.8, 4) is 17.2 Å². The second-order valence-corrected chi connectivity index (χ2v) is 5.87. The predicted molar refractivity (Wildman–Crippen MR) is 97.4 cm³/mol. The molecule has 0 bridgehead atoms. The van der Waals surface area contributed by atoms with Crippen molar-refractivity contribution in [2.75, 3.05) is 21.3 Å². The SMILES string of the molecule is COc1cc(C(C)NC(=O)CCc2ccc(F)cc2)cc(OC)c1OC. The first-order valence-electron chi connectivity index (χ1n) is 8.32. The van der Waals surface area contributed by atoms with Crippen LogP contribution in [-0.4, -0.2) is 27.2 Å². The molecule has 0 spiro atoms. The van der Waals surface area contributed by atoms with Gasteiger partial charge < -0.3 is 19.5 Å². The monoisotopic (exact) mass is 361 g/mol. The molecule has 0 aliphatic rings. The number of halogens is 1. The highest BCUT2D eigenvalue weighted by Gasteiger charge is 2.17. The molecule has 5 nitrogen and oxygen atoms in total. The average Bonchev–Trinajstić information content (AvgIpc) is 2.66. The van der Waals surface area contributed by atoms with Crippen molar-refractivity contribution < 1.29 is 23.4 Å². The molecule has 0 radical (unpaired) electrons. The maximum atomic E-state index is 12.9. The number of nitrogens with one attached hydrogen (secondary N) is 1. The number of methoxy groups -OCH3 is 3. The fourth-order valence-corrected chi connectivity index (χ4v) is 2.66. The molecule has 2 aromatic rings. The van der Waals surface area contributed by atoms with Crippen LogP contribution in [0.2, 0.25) is 0 Å². The minimum absolute atomic E-state index is 0.0874. The summed E-state index contributed by atoms with van der Waals surface area (Å²) >= 11 is 0. The average molecular weight is 361 g/mol. The molecule has 2 aromatic carbocycles. The summed E-state index contributed by atoms with van der Waals surface area (Å²) in [5, 5.41) is 2.95. The third-order valence-electron chi connectivity index (χ3n) is 4.12. The lowest BCUT2D eigenvalue weighted by Gasteiger charge is -2.19. The van der Waals surface area contributed by atoms with Crippen molar-refractivity contribution in [1.29, 1.82) is 0 Å². The summed E-state index contributed by atoms with van der Waals surface area (Å²) in [4.78, 5) is 12.2. The smallest absolute Gasteiger partial charge is 0.220 e. The Bertz CT molecular complexity index is 721. The van der Waals surface area contributed by atoms with Gasteiger partial charge in [-0.05, 0) is 48.7 Å². The largest absolute Gasteiger partial charge is 0.493 e. The van der Waals surface area contributed by atoms with Gasteiger partial charge in [-0.1, -0.05) is 12.1 Å². The molecule has 26 heavy (non-hydrogen) atoms. The van der Waals surface area contributed by atoms with Gasteiger partial charge in [-0.25, -0.2) is 4.39 Å². The van der Waals surface area contributed by atoms with E-state index in [1.54, 1.807) is 33.5 Å². The van der Waals surface area contributed by atoms with Crippen molar-refractivity contribution in [3.63, 3.8) is 0 Å². The molecule has 1 N–H and O–H groups in total. The van der Waals surface area contributed by atoms with E-state index in [1.165, 1.54) is 12.1 Å². The Labute approximate surface area is 153 Å². The van der Waals surface area contributed by atoms with Gasteiger partial charge in [0.25, 0.3) is 0 Å². The molecule has 0 saturated heterocycles. The summed E-state index contributed by atoms with van der Waals surface area (Å²) in [6, 6.07) is 9.55. The van der Waals surface area contributed by atoms with Crippen molar-refractivity contribution in [2.24, 2.45) is 0 Å². The molecule has 0 saturated carbocycles. The zero-order chi connectivity index (χ0) is 19.1. The van der Waals surface area contributed by atoms with Crippen LogP contribution in [0.5, 0.6) is 17.2 Å². The number of hydrogen-bond acceptors (Lipinski definition) is 4. The van der Waals surface area contributed by atoms with Crippen LogP contribution in [-0.2, 0) is 11.2 Å². The number of hydrogen-bond donors (Lipinski definition) is 1. The van der Waals surface area contributed by atoms with Crippen molar-refractivity contribution >= 4 is 5.91 Å². The van der Waals surface area contributed by atoms with E-state index >= 15 is 0 Å². The van der Waals surface area contributed by atoms with E-state index < -0.39 is 0 Å². The Balaban J connectivity index is 2.03. The van der Waals surface area contributed by atoms with Gasteiger partial charge in [0.05, 0.1) is 27.4 Å². The fraction of sp³-hybridized carbons (Fsp3) is 0.350. The fourth-order valence-electron chi connectivity index (χ4n) is 2.66. The zero-order valence-electron chi connectivity index (χ0n) is 15.5. The van der Waals surface area contributed by atoms with Crippen LogP contribution >= 0.6 is 0 Å². The van der Waals surface area contributed by atoms with Crippen LogP contribution in [0.1, 0.15) is 30.5 Å². The minimum atomic E-state index is -0.283. The number of rotatable bonds is 8. The van der Waals surface area contributed by atoms with Gasteiger partial charge in [0.15, 0.2) is 11.5 Å². The third kappa shape index (κ3) is 4.88. The lowest BCUT2D eigenvalue weighted by molar-refractivity contribution is -0.121. The number of carbonyl (C=O) groups excluding carboxylic acids is 1. The maximum absolute atomic E-state index is 12.9. The lowest BCUT2D eigenvalue weighted by atomic mass is 10.1. The Kier molecular flexibility index (Phi) is 6.83. The molecular weight excluding hydrogens is 337 g/mol. The molecule has 0 aromatic heterocycles. The lowest BCUT2D eigenvalue weighted by Crippen LogP contribution is -2.26. The topological polar surface area (TPSA) is 56.8 Å². The van der Waals surface area contributed by atoms with Gasteiger partial charge in [0.1, 0.15) is 5.82 Å². The molecule has 0 aliphatic carbocycles. The summed E-state index contributed by atoms with van der Waals surface area (Å²) in [7, 11) is 4.64. The molecule has 1 unspecified atom stereocenters. The summed E-state index contributed by atoms with van der Waals surface area (Å²) in [6.07, 6.45) is 0.870. The number of benzene rings is 2. The standard InChI is InChI=1S/C20H24FNO4/c1-13(15-11-17(24-2)20(26-4)18(12-15)25-3)22-19(23)10-7-14-5-8-16(21)9-6-14/h5-6,8-9,11-13H,7,10H2,1-4H3,(H,22,23). The number of amides is 1. The summed E-state index contributed by atoms with van der Waals surface area (Å²) in [5.74, 6) is 1.21. The van der Waals surface area contributed by atoms with Crippen LogP contribution in [0.15, 0.2) is 36.4 Å². The van der Waals surface area contributed by atoms with Crippen LogP contribution < -0.4 is 19.5 Å². The van der Waals surface area contributed by atoms with Gasteiger partial charge in [-0.3, -0.25) is 4.79 Å². The molecule has 0 aliphatic heterocycles. The van der Waals surface area contributed by atoms with Crippen LogP contribution in [0.3, 0.4) is 0 Å². The molecule has 0 heterocycles. The quantitative estimate of drug-likeness (QED) is 0.780. The molecule has 1 amide bonds. The van der Waals surface area contributed by atoms with Crippen molar-refractivity contribution in [2.45, 2.75) is 25.8 Å². The highest BCUT2D eigenvalue weighted by Crippen LogP contribution is 2.39. The molecule has 140 valence electrons. The van der Waals surface area contributed by atoms with E-state index in [0.717, 1.165) is 11.1 Å². The molecule has 1 atom stereocenters. The Hall–Kier alpha value is -2.76. The van der Waals surface area contributed by atoms with Gasteiger partial charge in [-0.2, -0.15) is 0 Å². The van der Waals surface area contributed by atoms with E-state index in [4.69, 9.17) is 14.2 Å². The van der Waals surface area contributed by atoms with E-state index in [-0.39, 0.29) is 17.8 Å². The maximum Gasteiger partial charge on any atom is 0.220 e. The number of aryl methyl sites for hydroxylation is 1. The summed E-state index contributed by atoms with van der Waals surface area (Å²) in [6.45, 7) is 1.89. The van der Waals surface area contributed by atoms with Gasteiger partial charge >= 0.3 is 0 Å². The normalized spacial score (nSPS) is 11.6. The number of ether oxygens (including phenoxy) is 3. The van der Waals surface area contributed by atoms with E-state index in [0.29, 0.717) is 30.1 Å². The molecule has 0 fully saturated rings. The zero-order valence-corrected chi connectivity index (χ0v) is 15.5. The Morgan fingerprint density at radius 2 is 1.62 bits per heavy atom. The molecule has 2 rings (SSSR count). The van der Waals surface area contributed by atoms with Gasteiger partial charge in [0.2, 0.25) is 11.7 Å².